The largest absolute Gasteiger partial charge is 0.303 e. The van der Waals surface area contributed by atoms with E-state index < -0.39 is 0 Å². The summed E-state index contributed by atoms with van der Waals surface area (Å²) in [5.41, 5.74) is -0.318. The number of likely N-dealkylation sites (tertiary alicyclic amines) is 1. The van der Waals surface area contributed by atoms with Crippen LogP contribution in [-0.4, -0.2) is 36.1 Å². The summed E-state index contributed by atoms with van der Waals surface area (Å²) in [6.45, 7) is 7.89. The SMILES string of the molecule is CCCC1CCN(CCC(C)(C#N)NC2CC2)CC1. The van der Waals surface area contributed by atoms with Crippen LogP contribution in [0.25, 0.3) is 0 Å². The zero-order valence-corrected chi connectivity index (χ0v) is 12.6. The summed E-state index contributed by atoms with van der Waals surface area (Å²) in [5.74, 6) is 0.952. The number of nitrogens with one attached hydrogen (secondary N) is 1. The number of nitrogens with zero attached hydrogens (tertiary/aromatic N) is 2. The molecule has 2 aliphatic rings. The van der Waals surface area contributed by atoms with Crippen LogP contribution in [0.4, 0.5) is 0 Å². The summed E-state index contributed by atoms with van der Waals surface area (Å²) in [4.78, 5) is 2.55. The molecule has 0 aromatic carbocycles. The summed E-state index contributed by atoms with van der Waals surface area (Å²) in [7, 11) is 0. The van der Waals surface area contributed by atoms with Gasteiger partial charge in [-0.3, -0.25) is 5.32 Å². The fourth-order valence-corrected chi connectivity index (χ4v) is 3.13. The van der Waals surface area contributed by atoms with Crippen molar-refractivity contribution in [3.8, 4) is 6.07 Å². The van der Waals surface area contributed by atoms with E-state index >= 15 is 0 Å². The van der Waals surface area contributed by atoms with Crippen molar-refractivity contribution >= 4 is 0 Å². The molecule has 1 atom stereocenters. The molecule has 2 fully saturated rings. The number of piperidine rings is 1. The Morgan fingerprint density at radius 1 is 1.26 bits per heavy atom. The van der Waals surface area contributed by atoms with Crippen molar-refractivity contribution in [1.29, 1.82) is 5.26 Å². The van der Waals surface area contributed by atoms with E-state index in [1.807, 2.05) is 0 Å². The van der Waals surface area contributed by atoms with E-state index in [2.05, 4.69) is 30.1 Å². The normalized spacial score (nSPS) is 24.9. The molecule has 0 aromatic heterocycles. The highest BCUT2D eigenvalue weighted by Gasteiger charge is 2.32. The van der Waals surface area contributed by atoms with Crippen molar-refractivity contribution in [2.45, 2.75) is 70.4 Å². The van der Waals surface area contributed by atoms with Crippen LogP contribution in [0, 0.1) is 17.2 Å². The molecule has 3 nitrogen and oxygen atoms in total. The predicted molar refractivity (Wildman–Crippen MR) is 78.9 cm³/mol. The van der Waals surface area contributed by atoms with Crippen molar-refractivity contribution in [1.82, 2.24) is 10.2 Å². The highest BCUT2D eigenvalue weighted by Crippen LogP contribution is 2.25. The average Bonchev–Trinajstić information content (AvgIpc) is 3.22. The molecule has 2 rings (SSSR count). The zero-order valence-electron chi connectivity index (χ0n) is 12.6. The van der Waals surface area contributed by atoms with Gasteiger partial charge in [0.2, 0.25) is 0 Å². The van der Waals surface area contributed by atoms with Crippen LogP contribution in [0.1, 0.15) is 58.8 Å². The lowest BCUT2D eigenvalue weighted by Crippen LogP contribution is -2.46. The molecule has 3 heteroatoms. The van der Waals surface area contributed by atoms with E-state index in [0.717, 1.165) is 18.9 Å². The van der Waals surface area contributed by atoms with Gasteiger partial charge in [-0.15, -0.1) is 0 Å². The minimum Gasteiger partial charge on any atom is -0.303 e. The number of hydrogen-bond donors (Lipinski definition) is 1. The van der Waals surface area contributed by atoms with Crippen molar-refractivity contribution in [2.24, 2.45) is 5.92 Å². The fraction of sp³-hybridized carbons (Fsp3) is 0.938. The van der Waals surface area contributed by atoms with Gasteiger partial charge in [0, 0.05) is 12.6 Å². The quantitative estimate of drug-likeness (QED) is 0.767. The van der Waals surface area contributed by atoms with E-state index in [1.54, 1.807) is 0 Å². The van der Waals surface area contributed by atoms with Crippen LogP contribution >= 0.6 is 0 Å². The molecular weight excluding hydrogens is 234 g/mol. The second-order valence-corrected chi connectivity index (χ2v) is 6.69. The van der Waals surface area contributed by atoms with Crippen molar-refractivity contribution in [3.05, 3.63) is 0 Å². The summed E-state index contributed by atoms with van der Waals surface area (Å²) in [6, 6.07) is 3.09. The van der Waals surface area contributed by atoms with Crippen LogP contribution in [0.3, 0.4) is 0 Å². The molecule has 1 unspecified atom stereocenters. The molecule has 1 aliphatic carbocycles. The maximum atomic E-state index is 9.37. The Morgan fingerprint density at radius 2 is 1.95 bits per heavy atom. The fourth-order valence-electron chi connectivity index (χ4n) is 3.13. The highest BCUT2D eigenvalue weighted by atomic mass is 15.1. The number of nitriles is 1. The summed E-state index contributed by atoms with van der Waals surface area (Å²) in [5, 5.41) is 12.9. The van der Waals surface area contributed by atoms with Crippen LogP contribution in [0.15, 0.2) is 0 Å². The van der Waals surface area contributed by atoms with Crippen molar-refractivity contribution in [3.63, 3.8) is 0 Å². The van der Waals surface area contributed by atoms with Crippen LogP contribution < -0.4 is 5.32 Å². The van der Waals surface area contributed by atoms with Crippen LogP contribution in [0.2, 0.25) is 0 Å². The first-order valence-electron chi connectivity index (χ1n) is 8.06. The molecule has 1 saturated carbocycles. The van der Waals surface area contributed by atoms with E-state index in [4.69, 9.17) is 0 Å². The molecule has 1 saturated heterocycles. The lowest BCUT2D eigenvalue weighted by molar-refractivity contribution is 0.166. The van der Waals surface area contributed by atoms with Gasteiger partial charge in [-0.05, 0) is 58.0 Å². The lowest BCUT2D eigenvalue weighted by atomic mass is 9.91. The molecule has 0 bridgehead atoms. The van der Waals surface area contributed by atoms with Gasteiger partial charge in [-0.1, -0.05) is 19.8 Å². The molecule has 1 heterocycles. The highest BCUT2D eigenvalue weighted by molar-refractivity contribution is 5.07. The molecule has 1 N–H and O–H groups in total. The van der Waals surface area contributed by atoms with Gasteiger partial charge in [-0.25, -0.2) is 0 Å². The van der Waals surface area contributed by atoms with Crippen LogP contribution in [-0.2, 0) is 0 Å². The van der Waals surface area contributed by atoms with Gasteiger partial charge in [0.25, 0.3) is 0 Å². The summed E-state index contributed by atoms with van der Waals surface area (Å²) >= 11 is 0. The number of hydrogen-bond acceptors (Lipinski definition) is 3. The Bertz CT molecular complexity index is 310. The molecule has 19 heavy (non-hydrogen) atoms. The molecule has 108 valence electrons. The standard InChI is InChI=1S/C16H29N3/c1-3-4-14-7-10-19(11-8-14)12-9-16(2,13-17)18-15-5-6-15/h14-15,18H,3-12H2,1-2H3. The van der Waals surface area contributed by atoms with Crippen molar-refractivity contribution in [2.75, 3.05) is 19.6 Å². The minimum atomic E-state index is -0.318. The van der Waals surface area contributed by atoms with Gasteiger partial charge in [0.1, 0.15) is 5.54 Å². The van der Waals surface area contributed by atoms with Crippen molar-refractivity contribution < 1.29 is 0 Å². The summed E-state index contributed by atoms with van der Waals surface area (Å²) < 4.78 is 0. The molecule has 1 aliphatic heterocycles. The van der Waals surface area contributed by atoms with E-state index in [9.17, 15) is 5.26 Å². The lowest BCUT2D eigenvalue weighted by Gasteiger charge is -2.34. The molecular formula is C16H29N3. The average molecular weight is 263 g/mol. The van der Waals surface area contributed by atoms with Gasteiger partial charge < -0.3 is 4.90 Å². The smallest absolute Gasteiger partial charge is 0.105 e. The minimum absolute atomic E-state index is 0.318. The first kappa shape index (κ1) is 14.8. The first-order valence-corrected chi connectivity index (χ1v) is 8.06. The predicted octanol–water partition coefficient (Wildman–Crippen LogP) is 2.92. The summed E-state index contributed by atoms with van der Waals surface area (Å²) in [6.07, 6.45) is 8.88. The Hall–Kier alpha value is -0.590. The maximum absolute atomic E-state index is 9.37. The molecule has 0 spiro atoms. The second-order valence-electron chi connectivity index (χ2n) is 6.69. The number of rotatable bonds is 7. The van der Waals surface area contributed by atoms with Gasteiger partial charge >= 0.3 is 0 Å². The third-order valence-corrected chi connectivity index (χ3v) is 4.68. The zero-order chi connectivity index (χ0) is 13.7. The second kappa shape index (κ2) is 6.72. The topological polar surface area (TPSA) is 39.1 Å². The third kappa shape index (κ3) is 4.78. The molecule has 0 amide bonds. The van der Waals surface area contributed by atoms with Gasteiger partial charge in [-0.2, -0.15) is 5.26 Å². The van der Waals surface area contributed by atoms with E-state index in [1.165, 1.54) is 51.6 Å². The Labute approximate surface area is 118 Å². The van der Waals surface area contributed by atoms with Gasteiger partial charge in [0.15, 0.2) is 0 Å². The molecule has 0 aromatic rings. The monoisotopic (exact) mass is 263 g/mol. The Kier molecular flexibility index (Phi) is 5.24. The Balaban J connectivity index is 1.68. The first-order chi connectivity index (χ1) is 9.15. The molecule has 0 radical (unpaired) electrons. The Morgan fingerprint density at radius 3 is 2.47 bits per heavy atom. The van der Waals surface area contributed by atoms with Gasteiger partial charge in [0.05, 0.1) is 6.07 Å². The third-order valence-electron chi connectivity index (χ3n) is 4.68. The van der Waals surface area contributed by atoms with E-state index in [0.29, 0.717) is 6.04 Å². The van der Waals surface area contributed by atoms with Crippen LogP contribution in [0.5, 0.6) is 0 Å². The van der Waals surface area contributed by atoms with E-state index in [-0.39, 0.29) is 5.54 Å². The maximum Gasteiger partial charge on any atom is 0.105 e.